The predicted octanol–water partition coefficient (Wildman–Crippen LogP) is 5.03. The highest BCUT2D eigenvalue weighted by atomic mass is 28.4. The maximum atomic E-state index is 13.3. The molecule has 196 valence electrons. The molecule has 0 radical (unpaired) electrons. The van der Waals surface area contributed by atoms with Crippen LogP contribution in [-0.4, -0.2) is 46.7 Å². The van der Waals surface area contributed by atoms with Gasteiger partial charge in [0, 0.05) is 12.8 Å². The largest absolute Gasteiger partial charge is 0.497 e. The summed E-state index contributed by atoms with van der Waals surface area (Å²) in [7, 11) is 0.408. The van der Waals surface area contributed by atoms with Crippen LogP contribution < -0.4 is 20.0 Å². The van der Waals surface area contributed by atoms with E-state index < -0.39 is 14.4 Å². The molecule has 1 fully saturated rings. The lowest BCUT2D eigenvalue weighted by Crippen LogP contribution is -2.75. The summed E-state index contributed by atoms with van der Waals surface area (Å²) in [4.78, 5) is 15.2. The molecule has 1 heterocycles. The first kappa shape index (κ1) is 27.1. The van der Waals surface area contributed by atoms with Crippen molar-refractivity contribution >= 4 is 30.3 Å². The van der Waals surface area contributed by atoms with Gasteiger partial charge in [-0.2, -0.15) is 0 Å². The molecule has 6 heteroatoms. The van der Waals surface area contributed by atoms with Crippen molar-refractivity contribution in [1.29, 1.82) is 0 Å². The Kier molecular flexibility index (Phi) is 7.93. The fraction of sp³-hybridized carbons (Fsp3) is 0.387. The minimum absolute atomic E-state index is 0.0469. The molecule has 0 N–H and O–H groups in total. The number of amides is 1. The van der Waals surface area contributed by atoms with Gasteiger partial charge in [-0.05, 0) is 45.6 Å². The van der Waals surface area contributed by atoms with E-state index in [1.807, 2.05) is 41.3 Å². The summed E-state index contributed by atoms with van der Waals surface area (Å²) in [5.41, 5.74) is 0.820. The van der Waals surface area contributed by atoms with E-state index in [4.69, 9.17) is 13.9 Å². The maximum absolute atomic E-state index is 13.3. The highest BCUT2D eigenvalue weighted by molar-refractivity contribution is 6.99. The van der Waals surface area contributed by atoms with Gasteiger partial charge in [0.1, 0.15) is 5.75 Å². The molecule has 3 aromatic carbocycles. The Hall–Kier alpha value is -2.93. The van der Waals surface area contributed by atoms with Crippen molar-refractivity contribution < 1.29 is 18.7 Å². The van der Waals surface area contributed by atoms with Crippen LogP contribution in [0.2, 0.25) is 5.04 Å². The molecule has 37 heavy (non-hydrogen) atoms. The summed E-state index contributed by atoms with van der Waals surface area (Å²) in [5.74, 6) is 0.841. The number of hydrogen-bond acceptors (Lipinski definition) is 4. The van der Waals surface area contributed by atoms with E-state index in [0.717, 1.165) is 11.4 Å². The van der Waals surface area contributed by atoms with Crippen LogP contribution in [0.4, 0.5) is 5.69 Å². The topological polar surface area (TPSA) is 48.0 Å². The highest BCUT2D eigenvalue weighted by Crippen LogP contribution is 2.42. The molecule has 0 unspecified atom stereocenters. The number of anilines is 1. The minimum atomic E-state index is -2.84. The zero-order valence-electron chi connectivity index (χ0n) is 23.0. The summed E-state index contributed by atoms with van der Waals surface area (Å²) in [5, 5.41) is 2.26. The SMILES string of the molecule is COc1ccc(N2C(=O)[C@@H](OC)[C@H]2[C@@H](O[Si](c2ccccc2)(c2ccccc2)C(C)(C)C)C(C)C)cc1. The van der Waals surface area contributed by atoms with Crippen molar-refractivity contribution in [3.05, 3.63) is 84.9 Å². The van der Waals surface area contributed by atoms with Gasteiger partial charge in [-0.1, -0.05) is 95.3 Å². The monoisotopic (exact) mass is 517 g/mol. The number of ether oxygens (including phenoxy) is 2. The number of benzene rings is 3. The number of carbonyl (C=O) groups excluding carboxylic acids is 1. The molecule has 3 aromatic rings. The Morgan fingerprint density at radius 3 is 1.73 bits per heavy atom. The molecule has 0 aliphatic carbocycles. The molecule has 0 spiro atoms. The van der Waals surface area contributed by atoms with Gasteiger partial charge in [0.15, 0.2) is 6.10 Å². The fourth-order valence-corrected chi connectivity index (χ4v) is 10.4. The van der Waals surface area contributed by atoms with Crippen molar-refractivity contribution in [3.8, 4) is 5.75 Å². The van der Waals surface area contributed by atoms with Crippen LogP contribution in [0.25, 0.3) is 0 Å². The Labute approximate surface area is 222 Å². The van der Waals surface area contributed by atoms with Crippen molar-refractivity contribution in [1.82, 2.24) is 0 Å². The van der Waals surface area contributed by atoms with Crippen LogP contribution >= 0.6 is 0 Å². The number of nitrogens with zero attached hydrogens (tertiary/aromatic N) is 1. The van der Waals surface area contributed by atoms with Crippen LogP contribution in [0.15, 0.2) is 84.9 Å². The third-order valence-electron chi connectivity index (χ3n) is 7.42. The first-order valence-electron chi connectivity index (χ1n) is 12.9. The van der Waals surface area contributed by atoms with E-state index in [-0.39, 0.29) is 29.0 Å². The summed E-state index contributed by atoms with van der Waals surface area (Å²) in [6.07, 6.45) is -0.816. The Morgan fingerprint density at radius 2 is 1.32 bits per heavy atom. The molecule has 5 nitrogen and oxygen atoms in total. The third kappa shape index (κ3) is 4.86. The number of β-lactam (4-membered cyclic amide) rings is 1. The lowest BCUT2D eigenvalue weighted by Gasteiger charge is -2.54. The summed E-state index contributed by atoms with van der Waals surface area (Å²) in [6.45, 7) is 11.2. The number of carbonyl (C=O) groups is 1. The van der Waals surface area contributed by atoms with Crippen LogP contribution in [0, 0.1) is 5.92 Å². The molecule has 1 aliphatic rings. The average Bonchev–Trinajstić information content (AvgIpc) is 2.89. The molecular weight excluding hydrogens is 478 g/mol. The number of rotatable bonds is 9. The first-order valence-corrected chi connectivity index (χ1v) is 14.9. The molecule has 0 aromatic heterocycles. The van der Waals surface area contributed by atoms with E-state index in [9.17, 15) is 4.79 Å². The third-order valence-corrected chi connectivity index (χ3v) is 12.4. The highest BCUT2D eigenvalue weighted by Gasteiger charge is 2.58. The van der Waals surface area contributed by atoms with Crippen LogP contribution in [-0.2, 0) is 14.0 Å². The van der Waals surface area contributed by atoms with Crippen molar-refractivity contribution in [2.75, 3.05) is 19.1 Å². The van der Waals surface area contributed by atoms with Crippen LogP contribution in [0.5, 0.6) is 5.75 Å². The predicted molar refractivity (Wildman–Crippen MR) is 152 cm³/mol. The number of methoxy groups -OCH3 is 2. The number of hydrogen-bond donors (Lipinski definition) is 0. The van der Waals surface area contributed by atoms with Gasteiger partial charge in [-0.3, -0.25) is 4.79 Å². The smallest absolute Gasteiger partial charge is 0.261 e. The fourth-order valence-electron chi connectivity index (χ4n) is 5.58. The lowest BCUT2D eigenvalue weighted by molar-refractivity contribution is -0.144. The molecular formula is C31H39NO4Si. The van der Waals surface area contributed by atoms with Gasteiger partial charge in [-0.15, -0.1) is 0 Å². The summed E-state index contributed by atoms with van der Waals surface area (Å²) >= 11 is 0. The molecule has 1 saturated heterocycles. The first-order chi connectivity index (χ1) is 17.7. The molecule has 1 amide bonds. The normalized spacial score (nSPS) is 19.0. The van der Waals surface area contributed by atoms with Crippen molar-refractivity contribution in [2.24, 2.45) is 5.92 Å². The standard InChI is InChI=1S/C31H39NO4Si/c1-22(2)28(27-29(35-7)30(33)32(27)23-18-20-24(34-6)21-19-23)36-37(31(3,4)5,25-14-10-8-11-15-25)26-16-12-9-13-17-26/h8-22,27-29H,1-7H3/t27-,28+,29+/m1/s1. The van der Waals surface area contributed by atoms with Crippen LogP contribution in [0.3, 0.4) is 0 Å². The Bertz CT molecular complexity index is 1140. The van der Waals surface area contributed by atoms with E-state index in [0.29, 0.717) is 0 Å². The Balaban J connectivity index is 1.85. The van der Waals surface area contributed by atoms with E-state index in [1.165, 1.54) is 10.4 Å². The van der Waals surface area contributed by atoms with E-state index in [1.54, 1.807) is 14.2 Å². The minimum Gasteiger partial charge on any atom is -0.497 e. The quantitative estimate of drug-likeness (QED) is 0.295. The summed E-state index contributed by atoms with van der Waals surface area (Å²) in [6, 6.07) is 28.6. The van der Waals surface area contributed by atoms with Gasteiger partial charge in [-0.25, -0.2) is 0 Å². The Morgan fingerprint density at radius 1 is 0.811 bits per heavy atom. The zero-order chi connectivity index (χ0) is 26.8. The van der Waals surface area contributed by atoms with Gasteiger partial charge in [0.05, 0.1) is 19.3 Å². The van der Waals surface area contributed by atoms with Gasteiger partial charge >= 0.3 is 0 Å². The van der Waals surface area contributed by atoms with Crippen molar-refractivity contribution in [2.45, 2.75) is 57.9 Å². The molecule has 0 bridgehead atoms. The lowest BCUT2D eigenvalue weighted by atomic mass is 9.86. The molecule has 3 atom stereocenters. The van der Waals surface area contributed by atoms with E-state index in [2.05, 4.69) is 83.1 Å². The molecule has 4 rings (SSSR count). The van der Waals surface area contributed by atoms with Gasteiger partial charge < -0.3 is 18.8 Å². The van der Waals surface area contributed by atoms with Crippen LogP contribution in [0.1, 0.15) is 34.6 Å². The summed E-state index contributed by atoms with van der Waals surface area (Å²) < 4.78 is 18.7. The second kappa shape index (κ2) is 10.8. The second-order valence-electron chi connectivity index (χ2n) is 11.0. The van der Waals surface area contributed by atoms with Gasteiger partial charge in [0.2, 0.25) is 0 Å². The van der Waals surface area contributed by atoms with Gasteiger partial charge in [0.25, 0.3) is 14.2 Å². The zero-order valence-corrected chi connectivity index (χ0v) is 24.0. The second-order valence-corrected chi connectivity index (χ2v) is 15.3. The van der Waals surface area contributed by atoms with Crippen molar-refractivity contribution in [3.63, 3.8) is 0 Å². The molecule has 1 aliphatic heterocycles. The van der Waals surface area contributed by atoms with E-state index >= 15 is 0 Å². The average molecular weight is 518 g/mol. The molecule has 0 saturated carbocycles. The maximum Gasteiger partial charge on any atom is 0.261 e.